The van der Waals surface area contributed by atoms with Gasteiger partial charge < -0.3 is 5.32 Å². The van der Waals surface area contributed by atoms with Gasteiger partial charge in [-0.15, -0.1) is 0 Å². The van der Waals surface area contributed by atoms with E-state index in [2.05, 4.69) is 5.32 Å². The van der Waals surface area contributed by atoms with Gasteiger partial charge in [-0.25, -0.2) is 8.42 Å². The van der Waals surface area contributed by atoms with E-state index in [9.17, 15) is 13.2 Å². The Bertz CT molecular complexity index is 896. The van der Waals surface area contributed by atoms with Crippen LogP contribution in [0.25, 0.3) is 0 Å². The lowest BCUT2D eigenvalue weighted by atomic mass is 10.2. The predicted molar refractivity (Wildman–Crippen MR) is 110 cm³/mol. The van der Waals surface area contributed by atoms with Gasteiger partial charge in [0.25, 0.3) is 0 Å². The highest BCUT2D eigenvalue weighted by Crippen LogP contribution is 2.20. The largest absolute Gasteiger partial charge is 0.351 e. The summed E-state index contributed by atoms with van der Waals surface area (Å²) in [6.45, 7) is 4.04. The van der Waals surface area contributed by atoms with Gasteiger partial charge in [-0.1, -0.05) is 41.9 Å². The van der Waals surface area contributed by atoms with Crippen molar-refractivity contribution in [2.75, 3.05) is 26.2 Å². The van der Waals surface area contributed by atoms with E-state index in [1.165, 1.54) is 16.4 Å². The van der Waals surface area contributed by atoms with E-state index in [1.807, 2.05) is 42.2 Å². The third kappa shape index (κ3) is 4.91. The average molecular weight is 422 g/mol. The average Bonchev–Trinajstić information content (AvgIpc) is 2.72. The summed E-state index contributed by atoms with van der Waals surface area (Å²) in [7, 11) is -3.55. The van der Waals surface area contributed by atoms with Crippen molar-refractivity contribution in [3.05, 3.63) is 65.2 Å². The molecular weight excluding hydrogens is 398 g/mol. The zero-order valence-electron chi connectivity index (χ0n) is 15.7. The molecule has 28 heavy (non-hydrogen) atoms. The minimum atomic E-state index is -3.55. The highest BCUT2D eigenvalue weighted by Gasteiger charge is 2.31. The molecule has 1 aliphatic rings. The number of rotatable bonds is 6. The number of halogens is 1. The lowest BCUT2D eigenvalue weighted by molar-refractivity contribution is -0.126. The molecule has 1 heterocycles. The summed E-state index contributed by atoms with van der Waals surface area (Å²) in [6.07, 6.45) is 0. The number of carbonyl (C=O) groups excluding carboxylic acids is 1. The number of hydrogen-bond donors (Lipinski definition) is 1. The van der Waals surface area contributed by atoms with Crippen LogP contribution in [0.3, 0.4) is 0 Å². The first kappa shape index (κ1) is 20.8. The Balaban J connectivity index is 1.54. The third-order valence-corrected chi connectivity index (χ3v) is 7.13. The maximum Gasteiger partial charge on any atom is 0.243 e. The molecule has 1 N–H and O–H groups in total. The summed E-state index contributed by atoms with van der Waals surface area (Å²) in [5.41, 5.74) is 1.04. The Morgan fingerprint density at radius 3 is 2.25 bits per heavy atom. The van der Waals surface area contributed by atoms with Gasteiger partial charge in [0.1, 0.15) is 0 Å². The molecule has 0 radical (unpaired) electrons. The van der Waals surface area contributed by atoms with Crippen LogP contribution in [0.2, 0.25) is 5.02 Å². The van der Waals surface area contributed by atoms with Crippen molar-refractivity contribution in [3.63, 3.8) is 0 Å². The maximum absolute atomic E-state index is 12.8. The van der Waals surface area contributed by atoms with Crippen molar-refractivity contribution >= 4 is 27.5 Å². The molecule has 150 valence electrons. The Morgan fingerprint density at radius 1 is 1.04 bits per heavy atom. The molecule has 0 saturated carbocycles. The fraction of sp³-hybridized carbons (Fsp3) is 0.350. The van der Waals surface area contributed by atoms with Gasteiger partial charge in [-0.3, -0.25) is 9.69 Å². The lowest BCUT2D eigenvalue weighted by Gasteiger charge is -2.36. The fourth-order valence-electron chi connectivity index (χ4n) is 3.19. The van der Waals surface area contributed by atoms with Gasteiger partial charge in [0, 0.05) is 37.7 Å². The molecule has 0 aliphatic carbocycles. The first-order valence-corrected chi connectivity index (χ1v) is 11.0. The number of nitrogens with zero attached hydrogens (tertiary/aromatic N) is 2. The molecule has 1 fully saturated rings. The topological polar surface area (TPSA) is 69.7 Å². The zero-order chi connectivity index (χ0) is 20.1. The van der Waals surface area contributed by atoms with E-state index >= 15 is 0 Å². The molecule has 8 heteroatoms. The Labute approximate surface area is 171 Å². The van der Waals surface area contributed by atoms with Crippen molar-refractivity contribution < 1.29 is 13.2 Å². The highest BCUT2D eigenvalue weighted by molar-refractivity contribution is 7.89. The van der Waals surface area contributed by atoms with E-state index in [-0.39, 0.29) is 16.8 Å². The molecule has 0 spiro atoms. The molecule has 1 aliphatic heterocycles. The van der Waals surface area contributed by atoms with Crippen LogP contribution in [-0.2, 0) is 21.4 Å². The summed E-state index contributed by atoms with van der Waals surface area (Å²) in [4.78, 5) is 14.7. The molecule has 0 aromatic heterocycles. The fourth-order valence-corrected chi connectivity index (χ4v) is 4.73. The van der Waals surface area contributed by atoms with Gasteiger partial charge in [0.05, 0.1) is 10.9 Å². The minimum Gasteiger partial charge on any atom is -0.351 e. The maximum atomic E-state index is 12.8. The van der Waals surface area contributed by atoms with Gasteiger partial charge >= 0.3 is 0 Å². The summed E-state index contributed by atoms with van der Waals surface area (Å²) >= 11 is 5.84. The summed E-state index contributed by atoms with van der Waals surface area (Å²) < 4.78 is 27.0. The molecule has 1 atom stereocenters. The molecule has 3 rings (SSSR count). The predicted octanol–water partition coefficient (Wildman–Crippen LogP) is 2.35. The standard InChI is InChI=1S/C20H24ClN3O3S/c1-16(20(25)22-15-17-5-3-2-4-6-17)23-11-13-24(14-12-23)28(26,27)19-9-7-18(21)8-10-19/h2-10,16H,11-15H2,1H3,(H,22,25)/t16-/m0/s1. The van der Waals surface area contributed by atoms with Gasteiger partial charge in [0.15, 0.2) is 0 Å². The second-order valence-corrected chi connectivity index (χ2v) is 9.15. The lowest BCUT2D eigenvalue weighted by Crippen LogP contribution is -2.54. The normalized spacial score (nSPS) is 17.2. The van der Waals surface area contributed by atoms with Crippen molar-refractivity contribution in [3.8, 4) is 0 Å². The van der Waals surface area contributed by atoms with Crippen LogP contribution in [0.4, 0.5) is 0 Å². The molecule has 1 saturated heterocycles. The molecule has 1 amide bonds. The monoisotopic (exact) mass is 421 g/mol. The second kappa shape index (κ2) is 9.05. The van der Waals surface area contributed by atoms with E-state index in [0.717, 1.165) is 5.56 Å². The van der Waals surface area contributed by atoms with E-state index in [1.54, 1.807) is 12.1 Å². The quantitative estimate of drug-likeness (QED) is 0.777. The summed E-state index contributed by atoms with van der Waals surface area (Å²) in [5.74, 6) is -0.0575. The number of amides is 1. The summed E-state index contributed by atoms with van der Waals surface area (Å²) in [6, 6.07) is 15.6. The van der Waals surface area contributed by atoms with E-state index in [0.29, 0.717) is 37.7 Å². The van der Waals surface area contributed by atoms with E-state index in [4.69, 9.17) is 11.6 Å². The third-order valence-electron chi connectivity index (χ3n) is 4.96. The summed E-state index contributed by atoms with van der Waals surface area (Å²) in [5, 5.41) is 3.44. The molecule has 2 aromatic carbocycles. The molecular formula is C20H24ClN3O3S. The first-order chi connectivity index (χ1) is 13.4. The van der Waals surface area contributed by atoms with Crippen LogP contribution in [0.1, 0.15) is 12.5 Å². The van der Waals surface area contributed by atoms with Crippen LogP contribution in [-0.4, -0.2) is 55.8 Å². The minimum absolute atomic E-state index is 0.0575. The Kier molecular flexibility index (Phi) is 6.72. The number of sulfonamides is 1. The smallest absolute Gasteiger partial charge is 0.243 e. The SMILES string of the molecule is C[C@@H](C(=O)NCc1ccccc1)N1CCN(S(=O)(=O)c2ccc(Cl)cc2)CC1. The molecule has 6 nitrogen and oxygen atoms in total. The van der Waals surface area contributed by atoms with Crippen LogP contribution >= 0.6 is 11.6 Å². The number of benzene rings is 2. The van der Waals surface area contributed by atoms with Crippen molar-refractivity contribution in [1.82, 2.24) is 14.5 Å². The number of nitrogens with one attached hydrogen (secondary N) is 1. The van der Waals surface area contributed by atoms with Crippen LogP contribution in [0.5, 0.6) is 0 Å². The molecule has 0 unspecified atom stereocenters. The number of carbonyl (C=O) groups is 1. The van der Waals surface area contributed by atoms with Crippen molar-refractivity contribution in [2.45, 2.75) is 24.4 Å². The number of piperazine rings is 1. The van der Waals surface area contributed by atoms with E-state index < -0.39 is 10.0 Å². The van der Waals surface area contributed by atoms with Crippen molar-refractivity contribution in [2.24, 2.45) is 0 Å². The van der Waals surface area contributed by atoms with Crippen LogP contribution in [0.15, 0.2) is 59.5 Å². The highest BCUT2D eigenvalue weighted by atomic mass is 35.5. The zero-order valence-corrected chi connectivity index (χ0v) is 17.3. The Hall–Kier alpha value is -1.93. The van der Waals surface area contributed by atoms with Gasteiger partial charge in [-0.05, 0) is 36.8 Å². The van der Waals surface area contributed by atoms with Crippen LogP contribution in [0, 0.1) is 0 Å². The Morgan fingerprint density at radius 2 is 1.64 bits per heavy atom. The second-order valence-electron chi connectivity index (χ2n) is 6.77. The van der Waals surface area contributed by atoms with Gasteiger partial charge in [-0.2, -0.15) is 4.31 Å². The molecule has 0 bridgehead atoms. The number of hydrogen-bond acceptors (Lipinski definition) is 4. The molecule has 2 aromatic rings. The first-order valence-electron chi connectivity index (χ1n) is 9.19. The van der Waals surface area contributed by atoms with Crippen molar-refractivity contribution in [1.29, 1.82) is 0 Å². The van der Waals surface area contributed by atoms with Gasteiger partial charge in [0.2, 0.25) is 15.9 Å². The van der Waals surface area contributed by atoms with Crippen LogP contribution < -0.4 is 5.32 Å².